The van der Waals surface area contributed by atoms with Gasteiger partial charge in [-0.25, -0.2) is 0 Å². The molecular weight excluding hydrogens is 248 g/mol. The van der Waals surface area contributed by atoms with Crippen LogP contribution in [0.5, 0.6) is 5.75 Å². The molecule has 1 aliphatic rings. The lowest BCUT2D eigenvalue weighted by molar-refractivity contribution is 0.0961. The van der Waals surface area contributed by atoms with Crippen molar-refractivity contribution in [3.63, 3.8) is 0 Å². The molecule has 1 aromatic carbocycles. The standard InChI is InChI=1S/C15H19ClO2/c1-8(2)18-15-9(3)7-12(16)10(4)13(15)14(17)11-5-6-11/h7-8,11H,5-6H2,1-4H3. The number of hydrogen-bond acceptors (Lipinski definition) is 2. The molecule has 0 amide bonds. The number of benzene rings is 1. The number of hydrogen-bond donors (Lipinski definition) is 0. The summed E-state index contributed by atoms with van der Waals surface area (Å²) < 4.78 is 5.83. The van der Waals surface area contributed by atoms with E-state index in [2.05, 4.69) is 0 Å². The van der Waals surface area contributed by atoms with E-state index < -0.39 is 0 Å². The van der Waals surface area contributed by atoms with E-state index >= 15 is 0 Å². The first-order valence-electron chi connectivity index (χ1n) is 6.42. The van der Waals surface area contributed by atoms with Gasteiger partial charge >= 0.3 is 0 Å². The summed E-state index contributed by atoms with van der Waals surface area (Å²) in [5.74, 6) is 1.08. The number of aryl methyl sites for hydroxylation is 1. The van der Waals surface area contributed by atoms with Gasteiger partial charge in [-0.05, 0) is 57.7 Å². The number of carbonyl (C=O) groups excluding carboxylic acids is 1. The van der Waals surface area contributed by atoms with Gasteiger partial charge in [-0.2, -0.15) is 0 Å². The molecule has 0 N–H and O–H groups in total. The molecule has 1 fully saturated rings. The molecule has 1 aliphatic carbocycles. The van der Waals surface area contributed by atoms with E-state index in [0.29, 0.717) is 16.3 Å². The highest BCUT2D eigenvalue weighted by Crippen LogP contribution is 2.40. The second kappa shape index (κ2) is 4.93. The first-order valence-corrected chi connectivity index (χ1v) is 6.80. The number of carbonyl (C=O) groups is 1. The molecule has 0 spiro atoms. The van der Waals surface area contributed by atoms with Crippen molar-refractivity contribution >= 4 is 17.4 Å². The average molecular weight is 267 g/mol. The molecule has 1 aromatic rings. The van der Waals surface area contributed by atoms with Crippen LogP contribution in [-0.4, -0.2) is 11.9 Å². The fraction of sp³-hybridized carbons (Fsp3) is 0.533. The van der Waals surface area contributed by atoms with Crippen molar-refractivity contribution in [2.24, 2.45) is 5.92 Å². The minimum absolute atomic E-state index is 0.0510. The Hall–Kier alpha value is -1.02. The van der Waals surface area contributed by atoms with E-state index in [1.54, 1.807) is 0 Å². The molecular formula is C15H19ClO2. The summed E-state index contributed by atoms with van der Waals surface area (Å²) in [5.41, 5.74) is 2.47. The molecule has 0 aliphatic heterocycles. The van der Waals surface area contributed by atoms with Crippen molar-refractivity contribution in [1.82, 2.24) is 0 Å². The maximum absolute atomic E-state index is 12.4. The molecule has 98 valence electrons. The van der Waals surface area contributed by atoms with Crippen molar-refractivity contribution in [2.75, 3.05) is 0 Å². The molecule has 0 aromatic heterocycles. The Balaban J connectivity index is 2.54. The molecule has 2 rings (SSSR count). The van der Waals surface area contributed by atoms with Crippen LogP contribution in [0, 0.1) is 19.8 Å². The van der Waals surface area contributed by atoms with Crippen LogP contribution in [0.2, 0.25) is 5.02 Å². The summed E-state index contributed by atoms with van der Waals surface area (Å²) in [6.45, 7) is 7.76. The monoisotopic (exact) mass is 266 g/mol. The van der Waals surface area contributed by atoms with Gasteiger partial charge in [0, 0.05) is 10.9 Å². The van der Waals surface area contributed by atoms with Crippen LogP contribution in [0.15, 0.2) is 6.07 Å². The predicted octanol–water partition coefficient (Wildman–Crippen LogP) is 4.34. The highest BCUT2D eigenvalue weighted by atomic mass is 35.5. The van der Waals surface area contributed by atoms with Gasteiger partial charge in [0.25, 0.3) is 0 Å². The zero-order valence-corrected chi connectivity index (χ0v) is 12.1. The first kappa shape index (κ1) is 13.4. The van der Waals surface area contributed by atoms with Gasteiger partial charge in [-0.1, -0.05) is 11.6 Å². The number of rotatable bonds is 4. The highest BCUT2D eigenvalue weighted by molar-refractivity contribution is 6.32. The SMILES string of the molecule is Cc1cc(Cl)c(C)c(C(=O)C2CC2)c1OC(C)C. The van der Waals surface area contributed by atoms with Crippen molar-refractivity contribution in [3.8, 4) is 5.75 Å². The van der Waals surface area contributed by atoms with E-state index in [1.165, 1.54) is 0 Å². The smallest absolute Gasteiger partial charge is 0.169 e. The summed E-state index contributed by atoms with van der Waals surface area (Å²) in [6, 6.07) is 1.87. The first-order chi connectivity index (χ1) is 8.41. The van der Waals surface area contributed by atoms with Crippen LogP contribution in [0.3, 0.4) is 0 Å². The Bertz CT molecular complexity index is 488. The molecule has 0 heterocycles. The summed E-state index contributed by atoms with van der Waals surface area (Å²) in [7, 11) is 0. The lowest BCUT2D eigenvalue weighted by Crippen LogP contribution is -2.14. The summed E-state index contributed by atoms with van der Waals surface area (Å²) in [4.78, 5) is 12.4. The Morgan fingerprint density at radius 1 is 1.39 bits per heavy atom. The molecule has 18 heavy (non-hydrogen) atoms. The number of ether oxygens (including phenoxy) is 1. The molecule has 0 unspecified atom stereocenters. The maximum Gasteiger partial charge on any atom is 0.169 e. The second-order valence-corrected chi connectivity index (χ2v) is 5.72. The fourth-order valence-electron chi connectivity index (χ4n) is 2.08. The van der Waals surface area contributed by atoms with Gasteiger partial charge in [0.1, 0.15) is 5.75 Å². The van der Waals surface area contributed by atoms with E-state index in [0.717, 1.165) is 24.0 Å². The third kappa shape index (κ3) is 2.54. The topological polar surface area (TPSA) is 26.3 Å². The van der Waals surface area contributed by atoms with Gasteiger partial charge in [0.05, 0.1) is 11.7 Å². The summed E-state index contributed by atoms with van der Waals surface area (Å²) in [6.07, 6.45) is 2.03. The minimum atomic E-state index is 0.0510. The molecule has 0 radical (unpaired) electrons. The number of ketones is 1. The van der Waals surface area contributed by atoms with E-state index in [-0.39, 0.29) is 17.8 Å². The summed E-state index contributed by atoms with van der Waals surface area (Å²) >= 11 is 6.19. The van der Waals surface area contributed by atoms with Crippen LogP contribution >= 0.6 is 11.6 Å². The zero-order valence-electron chi connectivity index (χ0n) is 11.3. The minimum Gasteiger partial charge on any atom is -0.490 e. The summed E-state index contributed by atoms with van der Waals surface area (Å²) in [5, 5.41) is 0.646. The largest absolute Gasteiger partial charge is 0.490 e. The Kier molecular flexibility index (Phi) is 3.67. The van der Waals surface area contributed by atoms with E-state index in [4.69, 9.17) is 16.3 Å². The average Bonchev–Trinajstić information content (AvgIpc) is 3.08. The van der Waals surface area contributed by atoms with E-state index in [9.17, 15) is 4.79 Å². The molecule has 0 bridgehead atoms. The Morgan fingerprint density at radius 2 is 2.00 bits per heavy atom. The fourth-order valence-corrected chi connectivity index (χ4v) is 2.34. The second-order valence-electron chi connectivity index (χ2n) is 5.31. The van der Waals surface area contributed by atoms with Gasteiger partial charge < -0.3 is 4.74 Å². The van der Waals surface area contributed by atoms with Gasteiger partial charge in [-0.3, -0.25) is 4.79 Å². The van der Waals surface area contributed by atoms with Crippen LogP contribution in [-0.2, 0) is 0 Å². The third-order valence-corrected chi connectivity index (χ3v) is 3.60. The van der Waals surface area contributed by atoms with Crippen molar-refractivity contribution in [2.45, 2.75) is 46.6 Å². The van der Waals surface area contributed by atoms with Crippen LogP contribution in [0.4, 0.5) is 0 Å². The van der Waals surface area contributed by atoms with Gasteiger partial charge in [-0.15, -0.1) is 0 Å². The highest BCUT2D eigenvalue weighted by Gasteiger charge is 2.34. The number of Topliss-reactive ketones (excluding diaryl/α,β-unsaturated/α-hetero) is 1. The molecule has 0 atom stereocenters. The molecule has 2 nitrogen and oxygen atoms in total. The third-order valence-electron chi connectivity index (χ3n) is 3.21. The normalized spacial score (nSPS) is 15.0. The van der Waals surface area contributed by atoms with Crippen molar-refractivity contribution < 1.29 is 9.53 Å². The van der Waals surface area contributed by atoms with Crippen molar-refractivity contribution in [3.05, 3.63) is 27.8 Å². The molecule has 1 saturated carbocycles. The Labute approximate surface area is 113 Å². The van der Waals surface area contributed by atoms with Crippen LogP contribution in [0.25, 0.3) is 0 Å². The lowest BCUT2D eigenvalue weighted by atomic mass is 9.97. The zero-order chi connectivity index (χ0) is 13.4. The van der Waals surface area contributed by atoms with E-state index in [1.807, 2.05) is 33.8 Å². The van der Waals surface area contributed by atoms with Crippen LogP contribution in [0.1, 0.15) is 48.2 Å². The molecule has 3 heteroatoms. The van der Waals surface area contributed by atoms with Gasteiger partial charge in [0.15, 0.2) is 5.78 Å². The predicted molar refractivity (Wildman–Crippen MR) is 73.7 cm³/mol. The molecule has 0 saturated heterocycles. The number of halogens is 1. The van der Waals surface area contributed by atoms with Crippen molar-refractivity contribution in [1.29, 1.82) is 0 Å². The van der Waals surface area contributed by atoms with Crippen LogP contribution < -0.4 is 4.74 Å². The lowest BCUT2D eigenvalue weighted by Gasteiger charge is -2.19. The quantitative estimate of drug-likeness (QED) is 0.758. The maximum atomic E-state index is 12.4. The Morgan fingerprint density at radius 3 is 2.50 bits per heavy atom. The van der Waals surface area contributed by atoms with Gasteiger partial charge in [0.2, 0.25) is 0 Å².